The molecule has 3 aliphatic rings. The molecule has 0 unspecified atom stereocenters. The van der Waals surface area contributed by atoms with Crippen LogP contribution in [0.15, 0.2) is 218 Å². The predicted molar refractivity (Wildman–Crippen MR) is 470 cm³/mol. The molecule has 10 aromatic carbocycles. The Morgan fingerprint density at radius 2 is 0.302 bits per heavy atom. The van der Waals surface area contributed by atoms with Gasteiger partial charge in [-0.15, -0.1) is 0 Å². The molecule has 27 heteroatoms. The first kappa shape index (κ1) is 92.4. The van der Waals surface area contributed by atoms with Crippen molar-refractivity contribution in [3.05, 3.63) is 235 Å². The summed E-state index contributed by atoms with van der Waals surface area (Å²) < 4.78 is 162. The van der Waals surface area contributed by atoms with E-state index in [1.807, 2.05) is 164 Å². The Labute approximate surface area is 736 Å². The third-order valence-electron chi connectivity index (χ3n) is 19.3. The predicted octanol–water partition coefficient (Wildman–Crippen LogP) is 15.3. The first-order valence-electron chi connectivity index (χ1n) is 43.0. The smallest absolute Gasteiger partial charge is 0.161 e. The molecule has 0 aliphatic carbocycles. The van der Waals surface area contributed by atoms with Gasteiger partial charge in [-0.1, -0.05) is 91.0 Å². The molecule has 0 fully saturated rings. The fourth-order valence-corrected chi connectivity index (χ4v) is 13.0. The molecule has 3 aliphatic heterocycles. The molecule has 27 nitrogen and oxygen atoms in total. The fourth-order valence-electron chi connectivity index (χ4n) is 13.0. The maximum Gasteiger partial charge on any atom is 0.161 e. The summed E-state index contributed by atoms with van der Waals surface area (Å²) in [7, 11) is 0. The first-order valence-corrected chi connectivity index (χ1v) is 43.0. The second-order valence-electron chi connectivity index (χ2n) is 28.5. The molecule has 13 rings (SSSR count). The van der Waals surface area contributed by atoms with Gasteiger partial charge in [0.15, 0.2) is 69.0 Å². The minimum absolute atomic E-state index is 0.262. The van der Waals surface area contributed by atoms with Gasteiger partial charge in [0.05, 0.1) is 159 Å². The summed E-state index contributed by atoms with van der Waals surface area (Å²) >= 11 is 0. The third-order valence-corrected chi connectivity index (χ3v) is 19.3. The fraction of sp³-hybridized carbons (Fsp3) is 0.394. The van der Waals surface area contributed by atoms with Gasteiger partial charge >= 0.3 is 0 Å². The Balaban J connectivity index is 0.659. The zero-order valence-corrected chi connectivity index (χ0v) is 71.4. The molecule has 0 amide bonds. The minimum Gasteiger partial charge on any atom is -0.489 e. The van der Waals surface area contributed by atoms with Gasteiger partial charge in [-0.25, -0.2) is 0 Å². The number of benzene rings is 10. The van der Waals surface area contributed by atoms with Gasteiger partial charge in [0.25, 0.3) is 0 Å². The van der Waals surface area contributed by atoms with Crippen LogP contribution in [0.25, 0.3) is 33.4 Å². The summed E-state index contributed by atoms with van der Waals surface area (Å²) in [5.41, 5.74) is 8.57. The molecule has 126 heavy (non-hydrogen) atoms. The Morgan fingerprint density at radius 3 is 0.484 bits per heavy atom. The van der Waals surface area contributed by atoms with Gasteiger partial charge < -0.3 is 128 Å². The number of para-hydroxylation sites is 6. The number of fused-ring (bicyclic) bond motifs is 6. The van der Waals surface area contributed by atoms with Gasteiger partial charge in [0.1, 0.15) is 116 Å². The SMILES string of the molecule is c1ccc2c(c1)OCCOCCOCCOc1ccc(COc3ccc(-c4cc(-c5ccc(OCc6ccc7c(c6)OCCOCCOCCOc6ccccc6OCCOCCOCCO7)cc5)cc(-c5ccc(OCc6ccc7c(c6)OCCOCCOCCOc6ccccc6OCCOCCOCCO7)cc5)c4)cc3)cc1OCCOCCOCCO2. The zero-order valence-electron chi connectivity index (χ0n) is 71.4. The average molecular weight is 1740 g/mol. The summed E-state index contributed by atoms with van der Waals surface area (Å²) in [5.74, 6) is 9.31. The monoisotopic (exact) mass is 1730 g/mol. The molecule has 0 radical (unpaired) electrons. The van der Waals surface area contributed by atoms with Crippen LogP contribution in [0.5, 0.6) is 86.2 Å². The van der Waals surface area contributed by atoms with Crippen molar-refractivity contribution < 1.29 is 128 Å². The Morgan fingerprint density at radius 1 is 0.143 bits per heavy atom. The average Bonchev–Trinajstić information content (AvgIpc) is 0.795. The summed E-state index contributed by atoms with van der Waals surface area (Å²) in [6.45, 7) is 13.8. The molecule has 0 N–H and O–H groups in total. The lowest BCUT2D eigenvalue weighted by atomic mass is 9.93. The highest BCUT2D eigenvalue weighted by Gasteiger charge is 2.18. The van der Waals surface area contributed by atoms with Crippen LogP contribution in [0.2, 0.25) is 0 Å². The molecule has 672 valence electrons. The van der Waals surface area contributed by atoms with Gasteiger partial charge in [-0.2, -0.15) is 0 Å². The van der Waals surface area contributed by atoms with E-state index in [0.717, 1.165) is 50.1 Å². The normalized spacial score (nSPS) is 16.9. The van der Waals surface area contributed by atoms with Crippen molar-refractivity contribution in [1.29, 1.82) is 0 Å². The van der Waals surface area contributed by atoms with Crippen LogP contribution in [-0.2, 0) is 76.7 Å². The highest BCUT2D eigenvalue weighted by Crippen LogP contribution is 2.38. The summed E-state index contributed by atoms with van der Waals surface area (Å²) in [5, 5.41) is 0. The van der Waals surface area contributed by atoms with Crippen LogP contribution in [0, 0.1) is 0 Å². The number of hydrogen-bond donors (Lipinski definition) is 0. The maximum atomic E-state index is 6.48. The van der Waals surface area contributed by atoms with Crippen molar-refractivity contribution in [2.75, 3.05) is 238 Å². The molecule has 10 aromatic rings. The quantitative estimate of drug-likeness (QED) is 0.110. The highest BCUT2D eigenvalue weighted by molar-refractivity contribution is 5.81. The van der Waals surface area contributed by atoms with Crippen molar-refractivity contribution in [3.63, 3.8) is 0 Å². The molecule has 0 atom stereocenters. The van der Waals surface area contributed by atoms with Crippen molar-refractivity contribution >= 4 is 0 Å². The van der Waals surface area contributed by atoms with Crippen LogP contribution in [0.1, 0.15) is 16.7 Å². The van der Waals surface area contributed by atoms with E-state index in [9.17, 15) is 0 Å². The Hall–Kier alpha value is -11.3. The minimum atomic E-state index is 0.262. The van der Waals surface area contributed by atoms with Crippen LogP contribution in [-0.4, -0.2) is 238 Å². The molecular formula is C99H114O27. The van der Waals surface area contributed by atoms with E-state index < -0.39 is 0 Å². The Bertz CT molecular complexity index is 4250. The molecule has 0 spiro atoms. The molecule has 0 aromatic heterocycles. The van der Waals surface area contributed by atoms with E-state index in [2.05, 4.69) is 54.6 Å². The van der Waals surface area contributed by atoms with Crippen molar-refractivity contribution in [1.82, 2.24) is 0 Å². The van der Waals surface area contributed by atoms with E-state index in [1.165, 1.54) is 0 Å². The number of hydrogen-bond acceptors (Lipinski definition) is 27. The molecular weight excluding hydrogens is 1620 g/mol. The topological polar surface area (TPSA) is 249 Å². The number of ether oxygens (including phenoxy) is 27. The van der Waals surface area contributed by atoms with Crippen LogP contribution >= 0.6 is 0 Å². The lowest BCUT2D eigenvalue weighted by Gasteiger charge is -2.16. The molecule has 0 bridgehead atoms. The van der Waals surface area contributed by atoms with Gasteiger partial charge in [0, 0.05) is 0 Å². The van der Waals surface area contributed by atoms with Crippen molar-refractivity contribution in [3.8, 4) is 120 Å². The molecule has 0 saturated carbocycles. The van der Waals surface area contributed by atoms with E-state index in [0.29, 0.717) is 304 Å². The van der Waals surface area contributed by atoms with Crippen LogP contribution in [0.3, 0.4) is 0 Å². The first-order chi connectivity index (χ1) is 62.5. The van der Waals surface area contributed by atoms with Crippen LogP contribution < -0.4 is 71.1 Å². The van der Waals surface area contributed by atoms with Gasteiger partial charge in [0.2, 0.25) is 0 Å². The number of rotatable bonds is 12. The molecule has 3 heterocycles. The largest absolute Gasteiger partial charge is 0.489 e. The second kappa shape index (κ2) is 54.6. The van der Waals surface area contributed by atoms with Gasteiger partial charge in [-0.05, 0) is 177 Å². The van der Waals surface area contributed by atoms with Gasteiger partial charge in [-0.3, -0.25) is 0 Å². The molecule has 0 saturated heterocycles. The standard InChI is InChI=1S/C99H114O27/c1-4-10-91-88(7-1)112-55-43-100-31-34-106-49-61-118-94-28-13-76(67-97(94)121-64-52-109-40-37-103-46-58-115-91)73-124-85-22-16-79(17-23-85)82-70-83(80-18-24-86(25-19-80)125-74-77-14-29-95-98(68-77)122-65-53-110-41-38-104-47-59-116-92-11-5-2-8-89(92)113-56-44-101-32-35-107-50-62-119-95)72-84(71-82)81-20-26-87(27-21-81)126-75-78-15-30-96-99(69-78)123-66-54-111-42-39-105-48-60-117-93-12-6-3-9-90(93)114-57-45-102-33-36-108-51-63-120-96/h1-30,67-72H,31-66,73-75H2. The van der Waals surface area contributed by atoms with Crippen LogP contribution in [0.4, 0.5) is 0 Å². The highest BCUT2D eigenvalue weighted by atomic mass is 16.6. The zero-order chi connectivity index (χ0) is 86.0. The Kier molecular flexibility index (Phi) is 40.0. The lowest BCUT2D eigenvalue weighted by molar-refractivity contribution is 0.0223. The summed E-state index contributed by atoms with van der Waals surface area (Å²) in [4.78, 5) is 0. The second-order valence-corrected chi connectivity index (χ2v) is 28.5. The van der Waals surface area contributed by atoms with E-state index in [4.69, 9.17) is 128 Å². The lowest BCUT2D eigenvalue weighted by Crippen LogP contribution is -2.15. The van der Waals surface area contributed by atoms with E-state index in [-0.39, 0.29) is 39.6 Å². The maximum absolute atomic E-state index is 6.48. The van der Waals surface area contributed by atoms with Crippen molar-refractivity contribution in [2.24, 2.45) is 0 Å². The van der Waals surface area contributed by atoms with E-state index >= 15 is 0 Å². The summed E-state index contributed by atoms with van der Waals surface area (Å²) in [6, 6.07) is 71.0. The third kappa shape index (κ3) is 32.6. The van der Waals surface area contributed by atoms with Crippen molar-refractivity contribution in [2.45, 2.75) is 19.8 Å². The summed E-state index contributed by atoms with van der Waals surface area (Å²) in [6.07, 6.45) is 0. The van der Waals surface area contributed by atoms with E-state index in [1.54, 1.807) is 0 Å².